The molecule has 5 heterocycles. The molecule has 1 atom stereocenters. The number of anilines is 1. The molecule has 6 nitrogen and oxygen atoms in total. The molecule has 134 valence electrons. The summed E-state index contributed by atoms with van der Waals surface area (Å²) in [4.78, 5) is 11.5. The summed E-state index contributed by atoms with van der Waals surface area (Å²) >= 11 is 0. The minimum absolute atomic E-state index is 0.114. The molecule has 5 aliphatic rings. The molecule has 1 spiro atoms. The van der Waals surface area contributed by atoms with Gasteiger partial charge in [-0.1, -0.05) is 0 Å². The van der Waals surface area contributed by atoms with Crippen LogP contribution in [0.25, 0.3) is 0 Å². The highest BCUT2D eigenvalue weighted by Crippen LogP contribution is 2.40. The fourth-order valence-corrected chi connectivity index (χ4v) is 4.81. The minimum Gasteiger partial charge on any atom is -0.490 e. The number of aliphatic imine (C=N–C) groups is 1. The van der Waals surface area contributed by atoms with Crippen LogP contribution in [0, 0.1) is 5.92 Å². The zero-order valence-electron chi connectivity index (χ0n) is 14.6. The van der Waals surface area contributed by atoms with Gasteiger partial charge in [-0.15, -0.1) is 0 Å². The maximum atomic E-state index is 6.32. The Balaban J connectivity index is 1.24. The van der Waals surface area contributed by atoms with Crippen LogP contribution in [0.1, 0.15) is 38.5 Å². The van der Waals surface area contributed by atoms with Gasteiger partial charge < -0.3 is 9.47 Å². The molecule has 1 aromatic heterocycles. The van der Waals surface area contributed by atoms with Gasteiger partial charge in [0, 0.05) is 24.7 Å². The third-order valence-corrected chi connectivity index (χ3v) is 6.18. The first-order valence-corrected chi connectivity index (χ1v) is 9.65. The van der Waals surface area contributed by atoms with Gasteiger partial charge in [-0.25, -0.2) is 9.98 Å². The summed E-state index contributed by atoms with van der Waals surface area (Å²) in [6, 6.07) is 4.49. The molecule has 4 fully saturated rings. The standard InChI is InChI=1S/C19H26N4O2/c1-2-4-15(3-1)24-16-5-8-20-17(11-16)22-18-21-12-19(25-18)13-23-9-6-14(19)7-10-23/h5,8,11,14-15H,1-4,6-7,9-10,12-13H2,(H,20,21,22)/t19-/m0/s1. The fraction of sp³-hybridized carbons (Fsp3) is 0.684. The Morgan fingerprint density at radius 2 is 2.04 bits per heavy atom. The summed E-state index contributed by atoms with van der Waals surface area (Å²) in [6.07, 6.45) is 9.44. The third-order valence-electron chi connectivity index (χ3n) is 6.18. The van der Waals surface area contributed by atoms with Crippen LogP contribution < -0.4 is 10.1 Å². The van der Waals surface area contributed by atoms with E-state index < -0.39 is 0 Å². The second kappa shape index (κ2) is 6.16. The monoisotopic (exact) mass is 342 g/mol. The van der Waals surface area contributed by atoms with Crippen LogP contribution >= 0.6 is 0 Å². The van der Waals surface area contributed by atoms with Gasteiger partial charge in [0.05, 0.1) is 12.6 Å². The molecule has 0 radical (unpaired) electrons. The van der Waals surface area contributed by atoms with Gasteiger partial charge in [-0.3, -0.25) is 10.2 Å². The lowest BCUT2D eigenvalue weighted by Gasteiger charge is -2.50. The number of pyridine rings is 1. The number of ether oxygens (including phenoxy) is 2. The Labute approximate surface area is 148 Å². The summed E-state index contributed by atoms with van der Waals surface area (Å²) in [5, 5.41) is 3.26. The average Bonchev–Trinajstić information content (AvgIpc) is 3.27. The van der Waals surface area contributed by atoms with Crippen LogP contribution in [0.5, 0.6) is 5.75 Å². The Bertz CT molecular complexity index is 665. The summed E-state index contributed by atoms with van der Waals surface area (Å²) in [6.45, 7) is 4.18. The summed E-state index contributed by atoms with van der Waals surface area (Å²) < 4.78 is 12.4. The first-order valence-electron chi connectivity index (χ1n) is 9.65. The van der Waals surface area contributed by atoms with Gasteiger partial charge in [-0.2, -0.15) is 0 Å². The molecule has 6 heteroatoms. The molecule has 6 rings (SSSR count). The van der Waals surface area contributed by atoms with Crippen molar-refractivity contribution in [3.8, 4) is 5.75 Å². The van der Waals surface area contributed by atoms with E-state index in [1.54, 1.807) is 6.20 Å². The van der Waals surface area contributed by atoms with E-state index in [4.69, 9.17) is 9.47 Å². The Morgan fingerprint density at radius 1 is 1.20 bits per heavy atom. The van der Waals surface area contributed by atoms with Gasteiger partial charge in [0.15, 0.2) is 0 Å². The van der Waals surface area contributed by atoms with Crippen molar-refractivity contribution in [3.05, 3.63) is 18.3 Å². The van der Waals surface area contributed by atoms with E-state index in [1.165, 1.54) is 38.8 Å². The Kier molecular flexibility index (Phi) is 3.81. The normalized spacial score (nSPS) is 34.2. The van der Waals surface area contributed by atoms with Crippen LogP contribution in [0.15, 0.2) is 23.3 Å². The Hall–Kier alpha value is -1.82. The van der Waals surface area contributed by atoms with Crippen LogP contribution in [0.3, 0.4) is 0 Å². The number of nitrogens with one attached hydrogen (secondary N) is 1. The van der Waals surface area contributed by atoms with Gasteiger partial charge in [0.25, 0.3) is 6.02 Å². The SMILES string of the molecule is c1cc(OC2CCCC2)cc(NC2=NC[C@@]3(CN4CCC3CC4)O2)n1. The molecule has 0 unspecified atom stereocenters. The highest BCUT2D eigenvalue weighted by atomic mass is 16.5. The molecule has 3 saturated heterocycles. The van der Waals surface area contributed by atoms with Gasteiger partial charge in [-0.05, 0) is 57.7 Å². The topological polar surface area (TPSA) is 59.0 Å². The van der Waals surface area contributed by atoms with E-state index in [1.807, 2.05) is 12.1 Å². The predicted octanol–water partition coefficient (Wildman–Crippen LogP) is 2.67. The molecule has 0 amide bonds. The maximum absolute atomic E-state index is 6.32. The number of hydrogen-bond acceptors (Lipinski definition) is 6. The molecule has 25 heavy (non-hydrogen) atoms. The first kappa shape index (κ1) is 15.4. The number of aromatic nitrogens is 1. The van der Waals surface area contributed by atoms with Crippen molar-refractivity contribution in [1.82, 2.24) is 9.88 Å². The molecular formula is C19H26N4O2. The minimum atomic E-state index is -0.114. The van der Waals surface area contributed by atoms with E-state index in [2.05, 4.69) is 20.2 Å². The summed E-state index contributed by atoms with van der Waals surface area (Å²) in [5.41, 5.74) is -0.114. The van der Waals surface area contributed by atoms with Crippen LogP contribution in [-0.2, 0) is 4.74 Å². The molecular weight excluding hydrogens is 316 g/mol. The molecule has 1 aromatic rings. The molecule has 1 N–H and O–H groups in total. The lowest BCUT2D eigenvalue weighted by Crippen LogP contribution is -2.61. The highest BCUT2D eigenvalue weighted by molar-refractivity contribution is 5.89. The van der Waals surface area contributed by atoms with Crippen molar-refractivity contribution in [3.63, 3.8) is 0 Å². The third kappa shape index (κ3) is 2.97. The van der Waals surface area contributed by atoms with Crippen LogP contribution in [-0.4, -0.2) is 53.8 Å². The zero-order chi connectivity index (χ0) is 16.7. The van der Waals surface area contributed by atoms with Crippen molar-refractivity contribution >= 4 is 11.8 Å². The van der Waals surface area contributed by atoms with Crippen molar-refractivity contribution in [2.45, 2.75) is 50.2 Å². The van der Waals surface area contributed by atoms with E-state index in [9.17, 15) is 0 Å². The van der Waals surface area contributed by atoms with Crippen molar-refractivity contribution in [1.29, 1.82) is 0 Å². The molecule has 4 aliphatic heterocycles. The van der Waals surface area contributed by atoms with Crippen LogP contribution in [0.4, 0.5) is 5.82 Å². The number of fused-ring (bicyclic) bond motifs is 2. The fourth-order valence-electron chi connectivity index (χ4n) is 4.81. The van der Waals surface area contributed by atoms with Gasteiger partial charge in [0.1, 0.15) is 17.2 Å². The predicted molar refractivity (Wildman–Crippen MR) is 96.0 cm³/mol. The van der Waals surface area contributed by atoms with E-state index in [0.29, 0.717) is 18.0 Å². The number of nitrogens with zero attached hydrogens (tertiary/aromatic N) is 3. The van der Waals surface area contributed by atoms with Crippen molar-refractivity contribution in [2.75, 3.05) is 31.5 Å². The number of piperidine rings is 3. The van der Waals surface area contributed by atoms with E-state index in [0.717, 1.165) is 37.5 Å². The lowest BCUT2D eigenvalue weighted by atomic mass is 9.75. The summed E-state index contributed by atoms with van der Waals surface area (Å²) in [5.74, 6) is 2.25. The first-order chi connectivity index (χ1) is 12.3. The van der Waals surface area contributed by atoms with E-state index in [-0.39, 0.29) is 5.60 Å². The van der Waals surface area contributed by atoms with Crippen molar-refractivity contribution < 1.29 is 9.47 Å². The number of amidine groups is 1. The Morgan fingerprint density at radius 3 is 2.80 bits per heavy atom. The smallest absolute Gasteiger partial charge is 0.291 e. The van der Waals surface area contributed by atoms with Gasteiger partial charge in [0.2, 0.25) is 0 Å². The molecule has 1 saturated carbocycles. The molecule has 0 aromatic carbocycles. The zero-order valence-corrected chi connectivity index (χ0v) is 14.6. The van der Waals surface area contributed by atoms with E-state index >= 15 is 0 Å². The second-order valence-corrected chi connectivity index (χ2v) is 7.86. The summed E-state index contributed by atoms with van der Waals surface area (Å²) in [7, 11) is 0. The molecule has 1 aliphatic carbocycles. The van der Waals surface area contributed by atoms with Crippen LogP contribution in [0.2, 0.25) is 0 Å². The number of rotatable bonds is 3. The van der Waals surface area contributed by atoms with Gasteiger partial charge >= 0.3 is 0 Å². The highest BCUT2D eigenvalue weighted by Gasteiger charge is 2.51. The van der Waals surface area contributed by atoms with Crippen molar-refractivity contribution in [2.24, 2.45) is 10.9 Å². The molecule has 2 bridgehead atoms. The second-order valence-electron chi connectivity index (χ2n) is 7.86. The average molecular weight is 342 g/mol. The quantitative estimate of drug-likeness (QED) is 0.915. The lowest BCUT2D eigenvalue weighted by molar-refractivity contribution is -0.0829. The number of hydrogen-bond donors (Lipinski definition) is 1. The largest absolute Gasteiger partial charge is 0.490 e. The maximum Gasteiger partial charge on any atom is 0.291 e.